The molecule has 0 atom stereocenters. The number of methoxy groups -OCH3 is 1. The van der Waals surface area contributed by atoms with Crippen LogP contribution in [0.5, 0.6) is 5.75 Å². The molecule has 1 aromatic rings. The number of carbonyl (C=O) groups excluding carboxylic acids is 1. The number of nitro groups is 1. The maximum absolute atomic E-state index is 11.9. The number of benzene rings is 1. The molecule has 0 aromatic heterocycles. The Morgan fingerprint density at radius 1 is 1.47 bits per heavy atom. The van der Waals surface area contributed by atoms with Crippen molar-refractivity contribution in [3.8, 4) is 5.75 Å². The molecule has 0 aliphatic rings. The van der Waals surface area contributed by atoms with Gasteiger partial charge in [0.25, 0.3) is 11.6 Å². The summed E-state index contributed by atoms with van der Waals surface area (Å²) in [7, 11) is 1.38. The topological polar surface area (TPSA) is 81.5 Å². The van der Waals surface area contributed by atoms with Crippen LogP contribution in [0.25, 0.3) is 0 Å². The molecule has 0 fully saturated rings. The summed E-state index contributed by atoms with van der Waals surface area (Å²) < 4.78 is 5.01. The molecule has 104 valence electrons. The van der Waals surface area contributed by atoms with E-state index in [0.717, 1.165) is 18.2 Å². The van der Waals surface area contributed by atoms with E-state index in [2.05, 4.69) is 21.2 Å². The summed E-state index contributed by atoms with van der Waals surface area (Å²) >= 11 is 3.31. The number of hydrogen-bond acceptors (Lipinski definition) is 4. The molecule has 0 heterocycles. The smallest absolute Gasteiger partial charge is 0.273 e. The van der Waals surface area contributed by atoms with Crippen molar-refractivity contribution in [3.05, 3.63) is 33.9 Å². The van der Waals surface area contributed by atoms with E-state index in [-0.39, 0.29) is 17.3 Å². The van der Waals surface area contributed by atoms with Crippen LogP contribution < -0.4 is 10.1 Å². The minimum atomic E-state index is -0.528. The van der Waals surface area contributed by atoms with Gasteiger partial charge in [-0.25, -0.2) is 0 Å². The molecule has 1 rings (SSSR count). The molecule has 0 saturated heterocycles. The van der Waals surface area contributed by atoms with Crippen LogP contribution in [-0.2, 0) is 0 Å². The standard InChI is InChI=1S/C12H15BrN2O4/c1-19-11-8-9(15(17)18)4-5-10(11)12(16)14-7-3-2-6-13/h4-5,8H,2-3,6-7H2,1H3,(H,14,16). The van der Waals surface area contributed by atoms with Gasteiger partial charge in [0.1, 0.15) is 5.75 Å². The molecule has 0 aliphatic carbocycles. The summed E-state index contributed by atoms with van der Waals surface area (Å²) in [6.07, 6.45) is 1.84. The highest BCUT2D eigenvalue weighted by molar-refractivity contribution is 9.09. The summed E-state index contributed by atoms with van der Waals surface area (Å²) in [5.41, 5.74) is 0.194. The fraction of sp³-hybridized carbons (Fsp3) is 0.417. The van der Waals surface area contributed by atoms with Crippen molar-refractivity contribution >= 4 is 27.5 Å². The molecule has 19 heavy (non-hydrogen) atoms. The summed E-state index contributed by atoms with van der Waals surface area (Å²) in [5.74, 6) is -0.0893. The number of halogens is 1. The van der Waals surface area contributed by atoms with Gasteiger partial charge in [0.2, 0.25) is 0 Å². The molecule has 1 amide bonds. The lowest BCUT2D eigenvalue weighted by atomic mass is 10.1. The second-order valence-corrected chi connectivity index (χ2v) is 4.59. The SMILES string of the molecule is COc1cc([N+](=O)[O-])ccc1C(=O)NCCCCBr. The summed E-state index contributed by atoms with van der Waals surface area (Å²) in [6.45, 7) is 0.560. The van der Waals surface area contributed by atoms with Gasteiger partial charge in [-0.2, -0.15) is 0 Å². The zero-order valence-corrected chi connectivity index (χ0v) is 12.1. The molecule has 1 N–H and O–H groups in total. The minimum absolute atomic E-state index is 0.104. The Morgan fingerprint density at radius 2 is 2.21 bits per heavy atom. The third kappa shape index (κ3) is 4.51. The number of non-ortho nitro benzene ring substituents is 1. The molecule has 0 bridgehead atoms. The van der Waals surface area contributed by atoms with Crippen molar-refractivity contribution in [2.24, 2.45) is 0 Å². The summed E-state index contributed by atoms with van der Waals surface area (Å²) in [5, 5.41) is 14.3. The van der Waals surface area contributed by atoms with Gasteiger partial charge >= 0.3 is 0 Å². The Morgan fingerprint density at radius 3 is 2.79 bits per heavy atom. The van der Waals surface area contributed by atoms with Crippen molar-refractivity contribution in [1.82, 2.24) is 5.32 Å². The van der Waals surface area contributed by atoms with Gasteiger partial charge < -0.3 is 10.1 Å². The molecule has 0 spiro atoms. The number of alkyl halides is 1. The molecule has 0 unspecified atom stereocenters. The van der Waals surface area contributed by atoms with Crippen LogP contribution >= 0.6 is 15.9 Å². The fourth-order valence-corrected chi connectivity index (χ4v) is 1.89. The first-order valence-electron chi connectivity index (χ1n) is 5.76. The number of nitro benzene ring substituents is 1. The van der Waals surface area contributed by atoms with E-state index in [4.69, 9.17) is 4.74 Å². The lowest BCUT2D eigenvalue weighted by Crippen LogP contribution is -2.25. The second kappa shape index (κ2) is 7.73. The number of hydrogen-bond donors (Lipinski definition) is 1. The predicted octanol–water partition coefficient (Wildman–Crippen LogP) is 2.51. The van der Waals surface area contributed by atoms with Gasteiger partial charge in [-0.3, -0.25) is 14.9 Å². The van der Waals surface area contributed by atoms with Gasteiger partial charge in [-0.1, -0.05) is 15.9 Å². The monoisotopic (exact) mass is 330 g/mol. The average Bonchev–Trinajstić information content (AvgIpc) is 2.42. The van der Waals surface area contributed by atoms with Gasteiger partial charge in [0.15, 0.2) is 0 Å². The van der Waals surface area contributed by atoms with Gasteiger partial charge in [-0.15, -0.1) is 0 Å². The largest absolute Gasteiger partial charge is 0.496 e. The maximum atomic E-state index is 11.9. The minimum Gasteiger partial charge on any atom is -0.496 e. The second-order valence-electron chi connectivity index (χ2n) is 3.79. The first kappa shape index (κ1) is 15.4. The highest BCUT2D eigenvalue weighted by Gasteiger charge is 2.16. The third-order valence-electron chi connectivity index (χ3n) is 2.49. The predicted molar refractivity (Wildman–Crippen MR) is 75.0 cm³/mol. The maximum Gasteiger partial charge on any atom is 0.273 e. The number of rotatable bonds is 7. The Hall–Kier alpha value is -1.63. The molecular formula is C12H15BrN2O4. The fourth-order valence-electron chi connectivity index (χ4n) is 1.50. The Labute approximate surface area is 119 Å². The highest BCUT2D eigenvalue weighted by Crippen LogP contribution is 2.24. The number of unbranched alkanes of at least 4 members (excludes halogenated alkanes) is 1. The van der Waals surface area contributed by atoms with Crippen LogP contribution in [0.1, 0.15) is 23.2 Å². The van der Waals surface area contributed by atoms with E-state index >= 15 is 0 Å². The Kier molecular flexibility index (Phi) is 6.27. The van der Waals surface area contributed by atoms with Crippen LogP contribution in [0.2, 0.25) is 0 Å². The van der Waals surface area contributed by atoms with Crippen molar-refractivity contribution in [2.75, 3.05) is 19.0 Å². The molecule has 0 radical (unpaired) electrons. The van der Waals surface area contributed by atoms with E-state index in [1.807, 2.05) is 0 Å². The molecule has 7 heteroatoms. The lowest BCUT2D eigenvalue weighted by Gasteiger charge is -2.08. The third-order valence-corrected chi connectivity index (χ3v) is 3.05. The van der Waals surface area contributed by atoms with E-state index < -0.39 is 4.92 Å². The lowest BCUT2D eigenvalue weighted by molar-refractivity contribution is -0.384. The molecule has 6 nitrogen and oxygen atoms in total. The van der Waals surface area contributed by atoms with Crippen LogP contribution in [0.15, 0.2) is 18.2 Å². The van der Waals surface area contributed by atoms with Gasteiger partial charge in [-0.05, 0) is 18.9 Å². The zero-order valence-electron chi connectivity index (χ0n) is 10.5. The van der Waals surface area contributed by atoms with Crippen molar-refractivity contribution in [3.63, 3.8) is 0 Å². The van der Waals surface area contributed by atoms with E-state index in [1.165, 1.54) is 25.3 Å². The average molecular weight is 331 g/mol. The molecule has 0 saturated carbocycles. The Balaban J connectivity index is 2.76. The Bertz CT molecular complexity index is 465. The number of carbonyl (C=O) groups is 1. The van der Waals surface area contributed by atoms with E-state index in [9.17, 15) is 14.9 Å². The van der Waals surface area contributed by atoms with Crippen LogP contribution in [0, 0.1) is 10.1 Å². The van der Waals surface area contributed by atoms with Gasteiger partial charge in [0.05, 0.1) is 23.7 Å². The number of nitrogens with zero attached hydrogens (tertiary/aromatic N) is 1. The van der Waals surface area contributed by atoms with Crippen molar-refractivity contribution in [2.45, 2.75) is 12.8 Å². The van der Waals surface area contributed by atoms with E-state index in [1.54, 1.807) is 0 Å². The molecule has 0 aliphatic heterocycles. The normalized spacial score (nSPS) is 10.0. The summed E-state index contributed by atoms with van der Waals surface area (Å²) in [6, 6.07) is 3.93. The first-order valence-corrected chi connectivity index (χ1v) is 6.89. The van der Waals surface area contributed by atoms with Crippen LogP contribution in [0.3, 0.4) is 0 Å². The quantitative estimate of drug-likeness (QED) is 0.360. The van der Waals surface area contributed by atoms with Crippen LogP contribution in [0.4, 0.5) is 5.69 Å². The van der Waals surface area contributed by atoms with Crippen molar-refractivity contribution < 1.29 is 14.5 Å². The highest BCUT2D eigenvalue weighted by atomic mass is 79.9. The van der Waals surface area contributed by atoms with Crippen LogP contribution in [-0.4, -0.2) is 29.8 Å². The van der Waals surface area contributed by atoms with Crippen molar-refractivity contribution in [1.29, 1.82) is 0 Å². The molecule has 1 aromatic carbocycles. The number of ether oxygens (including phenoxy) is 1. The zero-order chi connectivity index (χ0) is 14.3. The van der Waals surface area contributed by atoms with E-state index in [0.29, 0.717) is 12.1 Å². The summed E-state index contributed by atoms with van der Waals surface area (Å²) in [4.78, 5) is 22.0. The molecular weight excluding hydrogens is 316 g/mol. The number of nitrogens with one attached hydrogen (secondary N) is 1. The van der Waals surface area contributed by atoms with Gasteiger partial charge in [0, 0.05) is 17.9 Å². The number of amides is 1. The first-order chi connectivity index (χ1) is 9.10.